The second-order valence-electron chi connectivity index (χ2n) is 5.22. The van der Waals surface area contributed by atoms with Gasteiger partial charge in [0.15, 0.2) is 0 Å². The van der Waals surface area contributed by atoms with E-state index in [2.05, 4.69) is 19.2 Å². The number of piperazine rings is 1. The molecule has 16 heavy (non-hydrogen) atoms. The molecule has 2 fully saturated rings. The van der Waals surface area contributed by atoms with Gasteiger partial charge in [-0.1, -0.05) is 6.92 Å². The molecule has 2 aliphatic heterocycles. The summed E-state index contributed by atoms with van der Waals surface area (Å²) in [6.45, 7) is 8.95. The fraction of sp³-hybridized carbons (Fsp3) is 0.917. The maximum atomic E-state index is 12.3. The Bertz CT molecular complexity index is 257. The number of hydrogen-bond acceptors (Lipinski definition) is 2. The van der Waals surface area contributed by atoms with Crippen LogP contribution in [0.25, 0.3) is 0 Å². The molecule has 2 amide bonds. The topological polar surface area (TPSA) is 35.6 Å². The van der Waals surface area contributed by atoms with Crippen LogP contribution in [0.4, 0.5) is 4.79 Å². The van der Waals surface area contributed by atoms with Crippen LogP contribution in [0.2, 0.25) is 0 Å². The molecule has 4 nitrogen and oxygen atoms in total. The Hall–Kier alpha value is -0.770. The summed E-state index contributed by atoms with van der Waals surface area (Å²) in [5.41, 5.74) is 0. The molecule has 0 aromatic carbocycles. The third-order valence-corrected chi connectivity index (χ3v) is 3.67. The largest absolute Gasteiger partial charge is 0.324 e. The van der Waals surface area contributed by atoms with Gasteiger partial charge in [-0.2, -0.15) is 0 Å². The van der Waals surface area contributed by atoms with E-state index in [1.165, 1.54) is 6.42 Å². The second kappa shape index (κ2) is 5.04. The van der Waals surface area contributed by atoms with Crippen molar-refractivity contribution in [2.75, 3.05) is 32.7 Å². The first-order valence-corrected chi connectivity index (χ1v) is 6.44. The minimum absolute atomic E-state index is 0.251. The highest BCUT2D eigenvalue weighted by atomic mass is 16.2. The number of hydrogen-bond donors (Lipinski definition) is 1. The average Bonchev–Trinajstić information content (AvgIpc) is 2.29. The minimum Gasteiger partial charge on any atom is -0.324 e. The van der Waals surface area contributed by atoms with Crippen LogP contribution in [-0.2, 0) is 0 Å². The lowest BCUT2D eigenvalue weighted by Crippen LogP contribution is -2.57. The van der Waals surface area contributed by atoms with E-state index in [0.29, 0.717) is 12.0 Å². The summed E-state index contributed by atoms with van der Waals surface area (Å²) in [5, 5.41) is 3.32. The fourth-order valence-corrected chi connectivity index (χ4v) is 2.67. The number of likely N-dealkylation sites (tertiary alicyclic amines) is 1. The van der Waals surface area contributed by atoms with Crippen molar-refractivity contribution >= 4 is 6.03 Å². The Kier molecular flexibility index (Phi) is 3.69. The van der Waals surface area contributed by atoms with E-state index in [1.54, 1.807) is 0 Å². The van der Waals surface area contributed by atoms with Crippen molar-refractivity contribution in [2.24, 2.45) is 5.92 Å². The molecule has 2 saturated heterocycles. The van der Waals surface area contributed by atoms with Gasteiger partial charge in [-0.25, -0.2) is 4.79 Å². The number of carbonyl (C=O) groups is 1. The van der Waals surface area contributed by atoms with Crippen molar-refractivity contribution in [2.45, 2.75) is 32.7 Å². The summed E-state index contributed by atoms with van der Waals surface area (Å²) in [7, 11) is 0. The highest BCUT2D eigenvalue weighted by molar-refractivity contribution is 5.75. The summed E-state index contributed by atoms with van der Waals surface area (Å²) in [6, 6.07) is 0.582. The van der Waals surface area contributed by atoms with Crippen LogP contribution >= 0.6 is 0 Å². The molecule has 2 atom stereocenters. The molecule has 2 rings (SSSR count). The number of urea groups is 1. The van der Waals surface area contributed by atoms with Gasteiger partial charge in [0.05, 0.1) is 0 Å². The number of nitrogens with one attached hydrogen (secondary N) is 1. The van der Waals surface area contributed by atoms with Crippen molar-refractivity contribution in [1.82, 2.24) is 15.1 Å². The van der Waals surface area contributed by atoms with Gasteiger partial charge in [-0.05, 0) is 25.7 Å². The Morgan fingerprint density at radius 3 is 2.81 bits per heavy atom. The van der Waals surface area contributed by atoms with E-state index in [4.69, 9.17) is 0 Å². The summed E-state index contributed by atoms with van der Waals surface area (Å²) >= 11 is 0. The monoisotopic (exact) mass is 225 g/mol. The Balaban J connectivity index is 1.94. The lowest BCUT2D eigenvalue weighted by molar-refractivity contribution is 0.109. The van der Waals surface area contributed by atoms with Crippen molar-refractivity contribution in [3.63, 3.8) is 0 Å². The Morgan fingerprint density at radius 2 is 2.12 bits per heavy atom. The predicted molar refractivity (Wildman–Crippen MR) is 64.4 cm³/mol. The zero-order valence-electron chi connectivity index (χ0n) is 10.4. The van der Waals surface area contributed by atoms with Gasteiger partial charge < -0.3 is 15.1 Å². The van der Waals surface area contributed by atoms with Gasteiger partial charge in [-0.3, -0.25) is 0 Å². The first kappa shape index (κ1) is 11.7. The third-order valence-electron chi connectivity index (χ3n) is 3.67. The van der Waals surface area contributed by atoms with E-state index < -0.39 is 0 Å². The van der Waals surface area contributed by atoms with Crippen LogP contribution in [0.15, 0.2) is 0 Å². The first-order valence-electron chi connectivity index (χ1n) is 6.44. The third kappa shape index (κ3) is 2.48. The molecule has 4 heteroatoms. The molecule has 0 aromatic heterocycles. The number of amides is 2. The van der Waals surface area contributed by atoms with Gasteiger partial charge in [0.2, 0.25) is 0 Å². The van der Waals surface area contributed by atoms with E-state index in [9.17, 15) is 4.79 Å². The van der Waals surface area contributed by atoms with E-state index in [0.717, 1.165) is 39.1 Å². The number of carbonyl (C=O) groups excluding carboxylic acids is 1. The van der Waals surface area contributed by atoms with Gasteiger partial charge in [0, 0.05) is 38.8 Å². The molecule has 92 valence electrons. The number of rotatable bonds is 0. The molecule has 0 aliphatic carbocycles. The van der Waals surface area contributed by atoms with Crippen LogP contribution < -0.4 is 5.32 Å². The number of nitrogens with zero attached hydrogens (tertiary/aromatic N) is 2. The predicted octanol–water partition coefficient (Wildman–Crippen LogP) is 1.13. The van der Waals surface area contributed by atoms with E-state index in [1.807, 2.05) is 9.80 Å². The molecule has 1 N–H and O–H groups in total. The summed E-state index contributed by atoms with van der Waals surface area (Å²) in [6.07, 6.45) is 2.42. The molecule has 0 bridgehead atoms. The number of piperidine rings is 1. The quantitative estimate of drug-likeness (QED) is 0.671. The van der Waals surface area contributed by atoms with Gasteiger partial charge in [0.25, 0.3) is 0 Å². The zero-order chi connectivity index (χ0) is 11.5. The van der Waals surface area contributed by atoms with Crippen LogP contribution in [0.3, 0.4) is 0 Å². The van der Waals surface area contributed by atoms with E-state index in [-0.39, 0.29) is 6.03 Å². The van der Waals surface area contributed by atoms with Crippen molar-refractivity contribution in [3.05, 3.63) is 0 Å². The minimum atomic E-state index is 0.251. The molecule has 1 unspecified atom stereocenters. The van der Waals surface area contributed by atoms with Crippen molar-refractivity contribution in [1.29, 1.82) is 0 Å². The molecule has 0 spiro atoms. The highest BCUT2D eigenvalue weighted by Gasteiger charge is 2.29. The lowest BCUT2D eigenvalue weighted by Gasteiger charge is -2.40. The van der Waals surface area contributed by atoms with Gasteiger partial charge in [0.1, 0.15) is 0 Å². The molecular formula is C12H23N3O. The summed E-state index contributed by atoms with van der Waals surface area (Å²) in [4.78, 5) is 16.4. The smallest absolute Gasteiger partial charge is 0.320 e. The maximum Gasteiger partial charge on any atom is 0.320 e. The molecule has 2 aliphatic rings. The van der Waals surface area contributed by atoms with Crippen molar-refractivity contribution < 1.29 is 4.79 Å². The lowest BCUT2D eigenvalue weighted by atomic mass is 10.0. The highest BCUT2D eigenvalue weighted by Crippen LogP contribution is 2.18. The second-order valence-corrected chi connectivity index (χ2v) is 5.22. The molecule has 0 radical (unpaired) electrons. The van der Waals surface area contributed by atoms with Crippen LogP contribution in [0.5, 0.6) is 0 Å². The maximum absolute atomic E-state index is 12.3. The SMILES string of the molecule is CC1CCCN(C(=O)N2CCNC[C@@H]2C)C1. The zero-order valence-corrected chi connectivity index (χ0v) is 10.4. The Labute approximate surface area is 98.0 Å². The summed E-state index contributed by atoms with van der Waals surface area (Å²) < 4.78 is 0. The summed E-state index contributed by atoms with van der Waals surface area (Å²) in [5.74, 6) is 0.663. The van der Waals surface area contributed by atoms with Crippen LogP contribution in [0.1, 0.15) is 26.7 Å². The normalized spacial score (nSPS) is 31.6. The Morgan fingerprint density at radius 1 is 1.31 bits per heavy atom. The van der Waals surface area contributed by atoms with Gasteiger partial charge >= 0.3 is 6.03 Å². The molecule has 0 aromatic rings. The average molecular weight is 225 g/mol. The standard InChI is InChI=1S/C12H23N3O/c1-10-4-3-6-14(9-10)12(16)15-7-5-13-8-11(15)2/h10-11,13H,3-9H2,1-2H3/t10?,11-/m0/s1. The van der Waals surface area contributed by atoms with Crippen LogP contribution in [0, 0.1) is 5.92 Å². The van der Waals surface area contributed by atoms with Crippen LogP contribution in [-0.4, -0.2) is 54.6 Å². The van der Waals surface area contributed by atoms with E-state index >= 15 is 0 Å². The van der Waals surface area contributed by atoms with Gasteiger partial charge in [-0.15, -0.1) is 0 Å². The molecule has 2 heterocycles. The fourth-order valence-electron chi connectivity index (χ4n) is 2.67. The molecular weight excluding hydrogens is 202 g/mol. The molecule has 0 saturated carbocycles. The first-order chi connectivity index (χ1) is 7.68. The van der Waals surface area contributed by atoms with Crippen molar-refractivity contribution in [3.8, 4) is 0 Å².